The average molecular weight is 370 g/mol. The minimum Gasteiger partial charge on any atom is -0.452 e. The summed E-state index contributed by atoms with van der Waals surface area (Å²) in [5, 5.41) is 2.71. The van der Waals surface area contributed by atoms with Gasteiger partial charge in [0.1, 0.15) is 0 Å². The number of fused-ring (bicyclic) bond motifs is 2. The van der Waals surface area contributed by atoms with Crippen molar-refractivity contribution < 1.29 is 23.9 Å². The summed E-state index contributed by atoms with van der Waals surface area (Å²) in [6.07, 6.45) is 1.71. The zero-order chi connectivity index (χ0) is 19.4. The number of aryl methyl sites for hydroxylation is 1. The molecular formula is C20H22N2O5. The van der Waals surface area contributed by atoms with Gasteiger partial charge in [-0.3, -0.25) is 15.1 Å². The Bertz CT molecular complexity index is 893. The Kier molecular flexibility index (Phi) is 5.69. The Morgan fingerprint density at radius 2 is 2.00 bits per heavy atom. The van der Waals surface area contributed by atoms with Crippen molar-refractivity contribution in [1.29, 1.82) is 0 Å². The van der Waals surface area contributed by atoms with Crippen LogP contribution in [0.2, 0.25) is 0 Å². The lowest BCUT2D eigenvalue weighted by Crippen LogP contribution is -2.34. The molecule has 1 heterocycles. The number of alkyl carbamates (subject to hydrolysis) is 1. The first-order valence-electron chi connectivity index (χ1n) is 9.03. The zero-order valence-electron chi connectivity index (χ0n) is 15.4. The van der Waals surface area contributed by atoms with E-state index in [4.69, 9.17) is 9.72 Å². The van der Waals surface area contributed by atoms with Crippen LogP contribution in [0.5, 0.6) is 0 Å². The van der Waals surface area contributed by atoms with E-state index in [0.29, 0.717) is 16.9 Å². The summed E-state index contributed by atoms with van der Waals surface area (Å²) in [6, 6.07) is 7.40. The maximum absolute atomic E-state index is 12.8. The number of ether oxygens (including phenoxy) is 2. The van der Waals surface area contributed by atoms with E-state index in [9.17, 15) is 14.4 Å². The smallest absolute Gasteiger partial charge is 0.413 e. The van der Waals surface area contributed by atoms with Gasteiger partial charge in [-0.25, -0.2) is 9.59 Å². The van der Waals surface area contributed by atoms with E-state index < -0.39 is 24.6 Å². The van der Waals surface area contributed by atoms with Gasteiger partial charge in [-0.2, -0.15) is 0 Å². The minimum atomic E-state index is -0.862. The van der Waals surface area contributed by atoms with Crippen molar-refractivity contribution in [2.75, 3.05) is 13.2 Å². The van der Waals surface area contributed by atoms with E-state index in [1.54, 1.807) is 6.92 Å². The van der Waals surface area contributed by atoms with E-state index in [1.807, 2.05) is 29.6 Å². The number of aromatic nitrogens is 1. The van der Waals surface area contributed by atoms with Crippen molar-refractivity contribution in [3.63, 3.8) is 0 Å². The van der Waals surface area contributed by atoms with Crippen LogP contribution in [0.1, 0.15) is 41.9 Å². The first-order chi connectivity index (χ1) is 13.0. The highest BCUT2D eigenvalue weighted by molar-refractivity contribution is 6.06. The molecule has 1 aliphatic carbocycles. The largest absolute Gasteiger partial charge is 0.452 e. The SMILES string of the molecule is CCOC(=O)NC(=O)COC(=O)c1c2c(nc3ccccc13)CC[C@@H](C)C2. The molecule has 0 fully saturated rings. The Morgan fingerprint density at radius 3 is 2.78 bits per heavy atom. The molecule has 0 saturated carbocycles. The number of nitrogens with zero attached hydrogens (tertiary/aromatic N) is 1. The molecular weight excluding hydrogens is 348 g/mol. The van der Waals surface area contributed by atoms with Gasteiger partial charge in [-0.05, 0) is 43.7 Å². The van der Waals surface area contributed by atoms with Crippen LogP contribution in [-0.2, 0) is 27.1 Å². The third-order valence-corrected chi connectivity index (χ3v) is 4.56. The predicted molar refractivity (Wildman–Crippen MR) is 98.4 cm³/mol. The van der Waals surface area contributed by atoms with Crippen LogP contribution < -0.4 is 5.32 Å². The second-order valence-corrected chi connectivity index (χ2v) is 6.62. The highest BCUT2D eigenvalue weighted by atomic mass is 16.6. The number of rotatable bonds is 4. The molecule has 1 atom stereocenters. The number of carbonyl (C=O) groups excluding carboxylic acids is 3. The summed E-state index contributed by atoms with van der Waals surface area (Å²) in [5.41, 5.74) is 3.00. The van der Waals surface area contributed by atoms with Gasteiger partial charge in [0.15, 0.2) is 6.61 Å². The van der Waals surface area contributed by atoms with Crippen molar-refractivity contribution in [1.82, 2.24) is 10.3 Å². The molecule has 0 bridgehead atoms. The molecule has 7 heteroatoms. The average Bonchev–Trinajstić information content (AvgIpc) is 2.64. The van der Waals surface area contributed by atoms with Crippen LogP contribution >= 0.6 is 0 Å². The number of nitrogens with one attached hydrogen (secondary N) is 1. The van der Waals surface area contributed by atoms with Crippen molar-refractivity contribution in [2.24, 2.45) is 5.92 Å². The lowest BCUT2D eigenvalue weighted by molar-refractivity contribution is -0.123. The molecule has 3 rings (SSSR count). The zero-order valence-corrected chi connectivity index (χ0v) is 15.4. The number of amides is 2. The third-order valence-electron chi connectivity index (χ3n) is 4.56. The summed E-state index contributed by atoms with van der Waals surface area (Å²) in [5.74, 6) is -0.875. The first-order valence-corrected chi connectivity index (χ1v) is 9.03. The number of benzene rings is 1. The van der Waals surface area contributed by atoms with Crippen LogP contribution in [0.4, 0.5) is 4.79 Å². The van der Waals surface area contributed by atoms with Gasteiger partial charge < -0.3 is 9.47 Å². The second kappa shape index (κ2) is 8.16. The maximum Gasteiger partial charge on any atom is 0.413 e. The van der Waals surface area contributed by atoms with Crippen molar-refractivity contribution in [2.45, 2.75) is 33.1 Å². The summed E-state index contributed by atoms with van der Waals surface area (Å²) in [6.45, 7) is 3.35. The Morgan fingerprint density at radius 1 is 1.22 bits per heavy atom. The summed E-state index contributed by atoms with van der Waals surface area (Å²) >= 11 is 0. The minimum absolute atomic E-state index is 0.145. The van der Waals surface area contributed by atoms with Crippen molar-refractivity contribution in [3.05, 3.63) is 41.1 Å². The monoisotopic (exact) mass is 370 g/mol. The van der Waals surface area contributed by atoms with Gasteiger partial charge in [0.2, 0.25) is 0 Å². The Hall–Kier alpha value is -2.96. The Balaban J connectivity index is 1.84. The molecule has 1 aromatic carbocycles. The molecule has 2 aromatic rings. The summed E-state index contributed by atoms with van der Waals surface area (Å²) < 4.78 is 9.82. The maximum atomic E-state index is 12.8. The number of hydrogen-bond donors (Lipinski definition) is 1. The van der Waals surface area contributed by atoms with Crippen LogP contribution in [0, 0.1) is 5.92 Å². The van der Waals surface area contributed by atoms with E-state index >= 15 is 0 Å². The number of hydrogen-bond acceptors (Lipinski definition) is 6. The topological polar surface area (TPSA) is 94.6 Å². The lowest BCUT2D eigenvalue weighted by atomic mass is 9.84. The number of para-hydroxylation sites is 1. The normalized spacial score (nSPS) is 15.7. The number of pyridine rings is 1. The fourth-order valence-electron chi connectivity index (χ4n) is 3.32. The molecule has 0 spiro atoms. The van der Waals surface area contributed by atoms with Gasteiger partial charge in [0.25, 0.3) is 5.91 Å². The fourth-order valence-corrected chi connectivity index (χ4v) is 3.32. The number of imide groups is 1. The van der Waals surface area contributed by atoms with Crippen LogP contribution in [0.3, 0.4) is 0 Å². The molecule has 2 amide bonds. The summed E-state index contributed by atoms with van der Waals surface area (Å²) in [7, 11) is 0. The first kappa shape index (κ1) is 18.8. The molecule has 1 aromatic heterocycles. The fraction of sp³-hybridized carbons (Fsp3) is 0.400. The molecule has 0 saturated heterocycles. The van der Waals surface area contributed by atoms with E-state index in [0.717, 1.165) is 36.0 Å². The van der Waals surface area contributed by atoms with Crippen LogP contribution in [-0.4, -0.2) is 36.2 Å². The van der Waals surface area contributed by atoms with Gasteiger partial charge in [0, 0.05) is 11.1 Å². The number of carbonyl (C=O) groups is 3. The van der Waals surface area contributed by atoms with Gasteiger partial charge in [-0.15, -0.1) is 0 Å². The van der Waals surface area contributed by atoms with Crippen molar-refractivity contribution >= 4 is 28.9 Å². The molecule has 27 heavy (non-hydrogen) atoms. The molecule has 0 aliphatic heterocycles. The van der Waals surface area contributed by atoms with Crippen LogP contribution in [0.15, 0.2) is 24.3 Å². The molecule has 0 unspecified atom stereocenters. The molecule has 1 aliphatic rings. The highest BCUT2D eigenvalue weighted by Crippen LogP contribution is 2.31. The molecule has 0 radical (unpaired) electrons. The van der Waals surface area contributed by atoms with Crippen LogP contribution in [0.25, 0.3) is 10.9 Å². The Labute approximate surface area is 157 Å². The quantitative estimate of drug-likeness (QED) is 0.832. The lowest BCUT2D eigenvalue weighted by Gasteiger charge is -2.24. The molecule has 142 valence electrons. The highest BCUT2D eigenvalue weighted by Gasteiger charge is 2.26. The van der Waals surface area contributed by atoms with E-state index in [1.165, 1.54) is 0 Å². The predicted octanol–water partition coefficient (Wildman–Crippen LogP) is 2.79. The van der Waals surface area contributed by atoms with Gasteiger partial charge in [0.05, 0.1) is 17.7 Å². The third kappa shape index (κ3) is 4.24. The number of esters is 1. The van der Waals surface area contributed by atoms with Crippen molar-refractivity contribution in [3.8, 4) is 0 Å². The van der Waals surface area contributed by atoms with E-state index in [-0.39, 0.29) is 6.61 Å². The van der Waals surface area contributed by atoms with E-state index in [2.05, 4.69) is 11.7 Å². The van der Waals surface area contributed by atoms with Gasteiger partial charge >= 0.3 is 12.1 Å². The summed E-state index contributed by atoms with van der Waals surface area (Å²) in [4.78, 5) is 40.5. The second-order valence-electron chi connectivity index (χ2n) is 6.62. The van der Waals surface area contributed by atoms with Gasteiger partial charge in [-0.1, -0.05) is 25.1 Å². The standard InChI is InChI=1S/C20H22N2O5/c1-3-26-20(25)22-17(23)11-27-19(24)18-13-6-4-5-7-15(13)21-16-9-8-12(2)10-14(16)18/h4-7,12H,3,8-11H2,1-2H3,(H,22,23,25)/t12-/m1/s1. The molecule has 7 nitrogen and oxygen atoms in total. The molecule has 1 N–H and O–H groups in total.